The zero-order valence-electron chi connectivity index (χ0n) is 10.9. The Morgan fingerprint density at radius 1 is 1.11 bits per heavy atom. The fourth-order valence-electron chi connectivity index (χ4n) is 1.88. The Morgan fingerprint density at radius 3 is 2.39 bits per heavy atom. The largest absolute Gasteiger partial charge is 0.378 e. The van der Waals surface area contributed by atoms with Gasteiger partial charge in [-0.15, -0.1) is 0 Å². The van der Waals surface area contributed by atoms with Crippen LogP contribution < -0.4 is 10.6 Å². The summed E-state index contributed by atoms with van der Waals surface area (Å²) in [5, 5.41) is 0. The van der Waals surface area contributed by atoms with E-state index >= 15 is 0 Å². The molecule has 3 nitrogen and oxygen atoms in total. The fourth-order valence-corrected chi connectivity index (χ4v) is 1.88. The van der Waals surface area contributed by atoms with Crippen LogP contribution in [0.15, 0.2) is 48.7 Å². The molecule has 94 valence electrons. The van der Waals surface area contributed by atoms with Crippen LogP contribution in [0.25, 0.3) is 0 Å². The van der Waals surface area contributed by atoms with E-state index in [1.807, 2.05) is 32.3 Å². The van der Waals surface area contributed by atoms with Crippen LogP contribution in [0.4, 0.5) is 5.69 Å². The Hall–Kier alpha value is -1.87. The first-order chi connectivity index (χ1) is 8.66. The lowest BCUT2D eigenvalue weighted by Crippen LogP contribution is -2.14. The number of nitrogens with zero attached hydrogens (tertiary/aromatic N) is 2. The molecule has 0 aliphatic rings. The van der Waals surface area contributed by atoms with Crippen LogP contribution in [-0.2, 0) is 6.42 Å². The molecule has 0 spiro atoms. The first-order valence-electron chi connectivity index (χ1n) is 6.09. The SMILES string of the molecule is CN(C)c1ccc(C(N)Cc2ccccn2)cc1. The highest BCUT2D eigenvalue weighted by Gasteiger charge is 2.07. The number of hydrogen-bond acceptors (Lipinski definition) is 3. The minimum absolute atomic E-state index is 0.00360. The lowest BCUT2D eigenvalue weighted by Gasteiger charge is -2.15. The van der Waals surface area contributed by atoms with Gasteiger partial charge in [-0.2, -0.15) is 0 Å². The topological polar surface area (TPSA) is 42.1 Å². The van der Waals surface area contributed by atoms with E-state index in [1.165, 1.54) is 5.69 Å². The van der Waals surface area contributed by atoms with Crippen LogP contribution in [0.2, 0.25) is 0 Å². The van der Waals surface area contributed by atoms with E-state index < -0.39 is 0 Å². The monoisotopic (exact) mass is 241 g/mol. The predicted molar refractivity (Wildman–Crippen MR) is 75.6 cm³/mol. The molecule has 3 heteroatoms. The van der Waals surface area contributed by atoms with E-state index in [0.717, 1.165) is 17.7 Å². The number of anilines is 1. The Morgan fingerprint density at radius 2 is 1.83 bits per heavy atom. The molecule has 2 N–H and O–H groups in total. The van der Waals surface area contributed by atoms with Crippen molar-refractivity contribution < 1.29 is 0 Å². The summed E-state index contributed by atoms with van der Waals surface area (Å²) in [4.78, 5) is 6.38. The van der Waals surface area contributed by atoms with E-state index in [-0.39, 0.29) is 6.04 Å². The Kier molecular flexibility index (Phi) is 3.95. The second-order valence-electron chi connectivity index (χ2n) is 4.62. The van der Waals surface area contributed by atoms with Gasteiger partial charge in [0.1, 0.15) is 0 Å². The summed E-state index contributed by atoms with van der Waals surface area (Å²) in [5.74, 6) is 0. The molecule has 0 amide bonds. The van der Waals surface area contributed by atoms with Crippen LogP contribution in [0, 0.1) is 0 Å². The number of aromatic nitrogens is 1. The van der Waals surface area contributed by atoms with Crippen LogP contribution in [0.1, 0.15) is 17.3 Å². The minimum Gasteiger partial charge on any atom is -0.378 e. The first-order valence-corrected chi connectivity index (χ1v) is 6.09. The molecule has 2 aromatic rings. The molecule has 0 aliphatic carbocycles. The summed E-state index contributed by atoms with van der Waals surface area (Å²) in [7, 11) is 4.06. The zero-order chi connectivity index (χ0) is 13.0. The summed E-state index contributed by atoms with van der Waals surface area (Å²) in [6.45, 7) is 0. The summed E-state index contributed by atoms with van der Waals surface area (Å²) < 4.78 is 0. The van der Waals surface area contributed by atoms with Gasteiger partial charge in [0.25, 0.3) is 0 Å². The van der Waals surface area contributed by atoms with E-state index in [0.29, 0.717) is 0 Å². The summed E-state index contributed by atoms with van der Waals surface area (Å²) in [6.07, 6.45) is 2.57. The van der Waals surface area contributed by atoms with Gasteiger partial charge in [-0.05, 0) is 29.8 Å². The van der Waals surface area contributed by atoms with Gasteiger partial charge in [-0.1, -0.05) is 18.2 Å². The van der Waals surface area contributed by atoms with Crippen molar-refractivity contribution >= 4 is 5.69 Å². The van der Waals surface area contributed by atoms with Crippen LogP contribution in [0.3, 0.4) is 0 Å². The van der Waals surface area contributed by atoms with Gasteiger partial charge in [0.2, 0.25) is 0 Å². The molecule has 1 aromatic heterocycles. The van der Waals surface area contributed by atoms with E-state index in [2.05, 4.69) is 34.1 Å². The van der Waals surface area contributed by atoms with Gasteiger partial charge in [-0.25, -0.2) is 0 Å². The van der Waals surface area contributed by atoms with E-state index in [1.54, 1.807) is 6.20 Å². The second kappa shape index (κ2) is 5.65. The molecule has 1 atom stereocenters. The number of benzene rings is 1. The molecule has 0 saturated heterocycles. The maximum absolute atomic E-state index is 6.20. The normalized spacial score (nSPS) is 12.2. The second-order valence-corrected chi connectivity index (χ2v) is 4.62. The van der Waals surface area contributed by atoms with Crippen LogP contribution in [0.5, 0.6) is 0 Å². The van der Waals surface area contributed by atoms with Crippen molar-refractivity contribution in [2.45, 2.75) is 12.5 Å². The molecular formula is C15H19N3. The average Bonchev–Trinajstić information content (AvgIpc) is 2.40. The lowest BCUT2D eigenvalue weighted by molar-refractivity contribution is 0.706. The van der Waals surface area contributed by atoms with Crippen molar-refractivity contribution in [3.8, 4) is 0 Å². The maximum Gasteiger partial charge on any atom is 0.0422 e. The van der Waals surface area contributed by atoms with Crippen molar-refractivity contribution in [3.63, 3.8) is 0 Å². The number of nitrogens with two attached hydrogens (primary N) is 1. The Bertz CT molecular complexity index is 477. The molecule has 0 aliphatic heterocycles. The Labute approximate surface area is 108 Å². The molecule has 0 bridgehead atoms. The quantitative estimate of drug-likeness (QED) is 0.893. The molecule has 2 rings (SSSR count). The van der Waals surface area contributed by atoms with Crippen molar-refractivity contribution in [2.75, 3.05) is 19.0 Å². The van der Waals surface area contributed by atoms with Crippen molar-refractivity contribution in [3.05, 3.63) is 59.9 Å². The van der Waals surface area contributed by atoms with Gasteiger partial charge >= 0.3 is 0 Å². The van der Waals surface area contributed by atoms with E-state index in [4.69, 9.17) is 5.73 Å². The highest BCUT2D eigenvalue weighted by molar-refractivity contribution is 5.46. The molecule has 0 fully saturated rings. The summed E-state index contributed by atoms with van der Waals surface area (Å²) >= 11 is 0. The van der Waals surface area contributed by atoms with Crippen molar-refractivity contribution in [1.29, 1.82) is 0 Å². The fraction of sp³-hybridized carbons (Fsp3) is 0.267. The lowest BCUT2D eigenvalue weighted by atomic mass is 10.0. The molecule has 18 heavy (non-hydrogen) atoms. The van der Waals surface area contributed by atoms with Crippen molar-refractivity contribution in [1.82, 2.24) is 4.98 Å². The molecule has 0 radical (unpaired) electrons. The van der Waals surface area contributed by atoms with Gasteiger partial charge in [0, 0.05) is 44.1 Å². The Balaban J connectivity index is 2.07. The minimum atomic E-state index is -0.00360. The molecule has 1 aromatic carbocycles. The number of hydrogen-bond donors (Lipinski definition) is 1. The average molecular weight is 241 g/mol. The predicted octanol–water partition coefficient (Wildman–Crippen LogP) is 2.39. The van der Waals surface area contributed by atoms with Crippen LogP contribution in [-0.4, -0.2) is 19.1 Å². The third kappa shape index (κ3) is 3.08. The number of pyridine rings is 1. The van der Waals surface area contributed by atoms with Gasteiger partial charge in [-0.3, -0.25) is 4.98 Å². The van der Waals surface area contributed by atoms with Crippen LogP contribution >= 0.6 is 0 Å². The van der Waals surface area contributed by atoms with Gasteiger partial charge in [0.05, 0.1) is 0 Å². The number of rotatable bonds is 4. The highest BCUT2D eigenvalue weighted by Crippen LogP contribution is 2.18. The van der Waals surface area contributed by atoms with Gasteiger partial charge in [0.15, 0.2) is 0 Å². The first kappa shape index (κ1) is 12.6. The van der Waals surface area contributed by atoms with Crippen molar-refractivity contribution in [2.24, 2.45) is 5.73 Å². The zero-order valence-corrected chi connectivity index (χ0v) is 10.9. The third-order valence-corrected chi connectivity index (χ3v) is 2.99. The molecule has 1 heterocycles. The van der Waals surface area contributed by atoms with E-state index in [9.17, 15) is 0 Å². The molecule has 1 unspecified atom stereocenters. The third-order valence-electron chi connectivity index (χ3n) is 2.99. The summed E-state index contributed by atoms with van der Waals surface area (Å²) in [5.41, 5.74) is 9.56. The highest BCUT2D eigenvalue weighted by atomic mass is 15.1. The molecular weight excluding hydrogens is 222 g/mol. The smallest absolute Gasteiger partial charge is 0.0422 e. The standard InChI is InChI=1S/C15H19N3/c1-18(2)14-8-6-12(7-9-14)15(16)11-13-5-3-4-10-17-13/h3-10,15H,11,16H2,1-2H3. The van der Waals surface area contributed by atoms with Gasteiger partial charge < -0.3 is 10.6 Å². The maximum atomic E-state index is 6.20. The molecule has 0 saturated carbocycles. The summed E-state index contributed by atoms with van der Waals surface area (Å²) in [6, 6.07) is 14.3.